The van der Waals surface area contributed by atoms with E-state index in [0.717, 1.165) is 0 Å². The molecule has 0 radical (unpaired) electrons. The third-order valence-electron chi connectivity index (χ3n) is 1.36. The Morgan fingerprint density at radius 1 is 1.06 bits per heavy atom. The van der Waals surface area contributed by atoms with Crippen molar-refractivity contribution in [3.05, 3.63) is 0 Å². The van der Waals surface area contributed by atoms with Crippen LogP contribution in [0.5, 0.6) is 0 Å². The molecule has 0 aromatic rings. The predicted molar refractivity (Wildman–Crippen MR) is 33.9 cm³/mol. The molecule has 17 heavy (non-hydrogen) atoms. The molecule has 0 aliphatic heterocycles. The number of ether oxygens (including phenoxy) is 2. The molecule has 0 aliphatic carbocycles. The standard InChI is InChI=1S/C6H4F8O3/c1-16-3(15)2(7)17-6(13,14)4(8,9)5(10,11)12/h2H,1H3. The number of hydrogen-bond acceptors (Lipinski definition) is 3. The van der Waals surface area contributed by atoms with Gasteiger partial charge in [-0.3, -0.25) is 4.74 Å². The summed E-state index contributed by atoms with van der Waals surface area (Å²) in [5.74, 6) is -8.83. The molecule has 0 saturated carbocycles. The van der Waals surface area contributed by atoms with Crippen LogP contribution in [0.4, 0.5) is 35.1 Å². The van der Waals surface area contributed by atoms with Gasteiger partial charge in [0.15, 0.2) is 0 Å². The highest BCUT2D eigenvalue weighted by Gasteiger charge is 2.75. The molecule has 0 heterocycles. The number of rotatable bonds is 4. The lowest BCUT2D eigenvalue weighted by Gasteiger charge is -2.27. The van der Waals surface area contributed by atoms with Crippen molar-refractivity contribution < 1.29 is 49.4 Å². The van der Waals surface area contributed by atoms with Gasteiger partial charge in [0.1, 0.15) is 0 Å². The van der Waals surface area contributed by atoms with Crippen LogP contribution in [0.25, 0.3) is 0 Å². The Balaban J connectivity index is 4.97. The first-order valence-corrected chi connectivity index (χ1v) is 3.59. The third-order valence-corrected chi connectivity index (χ3v) is 1.36. The SMILES string of the molecule is COC(=O)C(F)OC(F)(F)C(F)(F)C(F)(F)F. The molecule has 1 atom stereocenters. The molecule has 0 saturated heterocycles. The summed E-state index contributed by atoms with van der Waals surface area (Å²) in [6.45, 7) is 0. The van der Waals surface area contributed by atoms with E-state index in [-0.39, 0.29) is 0 Å². The molecule has 0 amide bonds. The van der Waals surface area contributed by atoms with Gasteiger partial charge in [-0.1, -0.05) is 0 Å². The number of esters is 1. The molecule has 0 bridgehead atoms. The molecule has 11 heteroatoms. The molecular weight excluding hydrogens is 272 g/mol. The maximum Gasteiger partial charge on any atom is 0.462 e. The highest BCUT2D eigenvalue weighted by atomic mass is 19.4. The van der Waals surface area contributed by atoms with Gasteiger partial charge in [0.05, 0.1) is 7.11 Å². The van der Waals surface area contributed by atoms with E-state index >= 15 is 0 Å². The topological polar surface area (TPSA) is 35.5 Å². The van der Waals surface area contributed by atoms with Crippen LogP contribution in [-0.2, 0) is 14.3 Å². The summed E-state index contributed by atoms with van der Waals surface area (Å²) in [7, 11) is 0.484. The van der Waals surface area contributed by atoms with E-state index in [4.69, 9.17) is 0 Å². The van der Waals surface area contributed by atoms with Crippen LogP contribution in [0.3, 0.4) is 0 Å². The highest BCUT2D eigenvalue weighted by Crippen LogP contribution is 2.47. The lowest BCUT2D eigenvalue weighted by atomic mass is 10.3. The minimum atomic E-state index is -6.67. The first kappa shape index (κ1) is 15.9. The zero-order valence-electron chi connectivity index (χ0n) is 7.83. The number of carbonyl (C=O) groups excluding carboxylic acids is 1. The van der Waals surface area contributed by atoms with Crippen LogP contribution in [0.15, 0.2) is 0 Å². The van der Waals surface area contributed by atoms with Crippen molar-refractivity contribution in [2.24, 2.45) is 0 Å². The minimum absolute atomic E-state index is 0.484. The van der Waals surface area contributed by atoms with Gasteiger partial charge in [0.25, 0.3) is 0 Å². The molecule has 102 valence electrons. The second kappa shape index (κ2) is 4.63. The Morgan fingerprint density at radius 2 is 1.47 bits per heavy atom. The van der Waals surface area contributed by atoms with Crippen molar-refractivity contribution in [1.29, 1.82) is 0 Å². The van der Waals surface area contributed by atoms with E-state index in [1.165, 1.54) is 0 Å². The van der Waals surface area contributed by atoms with E-state index in [0.29, 0.717) is 7.11 Å². The van der Waals surface area contributed by atoms with Gasteiger partial charge in [-0.25, -0.2) is 9.18 Å². The fraction of sp³-hybridized carbons (Fsp3) is 0.833. The van der Waals surface area contributed by atoms with Crippen LogP contribution in [0, 0.1) is 0 Å². The summed E-state index contributed by atoms with van der Waals surface area (Å²) in [5.41, 5.74) is 0. The lowest BCUT2D eigenvalue weighted by molar-refractivity contribution is -0.436. The quantitative estimate of drug-likeness (QED) is 0.583. The Bertz CT molecular complexity index is 285. The Hall–Kier alpha value is -1.13. The van der Waals surface area contributed by atoms with E-state index in [1.54, 1.807) is 0 Å². The van der Waals surface area contributed by atoms with Crippen LogP contribution in [0.1, 0.15) is 0 Å². The van der Waals surface area contributed by atoms with Crippen molar-refractivity contribution in [1.82, 2.24) is 0 Å². The maximum atomic E-state index is 12.3. The second-order valence-corrected chi connectivity index (χ2v) is 2.55. The van der Waals surface area contributed by atoms with Gasteiger partial charge in [-0.2, -0.15) is 30.7 Å². The minimum Gasteiger partial charge on any atom is -0.465 e. The van der Waals surface area contributed by atoms with E-state index < -0.39 is 30.5 Å². The van der Waals surface area contributed by atoms with Crippen LogP contribution < -0.4 is 0 Å². The van der Waals surface area contributed by atoms with Gasteiger partial charge in [-0.15, -0.1) is 0 Å². The lowest BCUT2D eigenvalue weighted by Crippen LogP contribution is -2.54. The number of methoxy groups -OCH3 is 1. The van der Waals surface area contributed by atoms with Crippen molar-refractivity contribution in [2.45, 2.75) is 24.6 Å². The van der Waals surface area contributed by atoms with Crippen molar-refractivity contribution in [3.63, 3.8) is 0 Å². The molecular formula is C6H4F8O3. The second-order valence-electron chi connectivity index (χ2n) is 2.55. The van der Waals surface area contributed by atoms with Gasteiger partial charge >= 0.3 is 30.5 Å². The van der Waals surface area contributed by atoms with Gasteiger partial charge in [0, 0.05) is 0 Å². The monoisotopic (exact) mass is 276 g/mol. The summed E-state index contributed by atoms with van der Waals surface area (Å²) in [4.78, 5) is 10.2. The highest BCUT2D eigenvalue weighted by molar-refractivity contribution is 5.72. The Labute approximate surface area is 88.3 Å². The molecule has 0 aromatic heterocycles. The molecule has 0 spiro atoms. The van der Waals surface area contributed by atoms with E-state index in [1.807, 2.05) is 0 Å². The number of carbonyl (C=O) groups is 1. The largest absolute Gasteiger partial charge is 0.465 e. The zero-order valence-corrected chi connectivity index (χ0v) is 7.83. The number of alkyl halides is 8. The Kier molecular flexibility index (Phi) is 4.32. The van der Waals surface area contributed by atoms with E-state index in [2.05, 4.69) is 9.47 Å². The molecule has 0 aromatic carbocycles. The summed E-state index contributed by atoms with van der Waals surface area (Å²) in [6, 6.07) is 0. The van der Waals surface area contributed by atoms with Crippen LogP contribution in [0.2, 0.25) is 0 Å². The van der Waals surface area contributed by atoms with Gasteiger partial charge in [-0.05, 0) is 0 Å². The van der Waals surface area contributed by atoms with Crippen molar-refractivity contribution >= 4 is 5.97 Å². The maximum absolute atomic E-state index is 12.3. The number of hydrogen-bond donors (Lipinski definition) is 0. The summed E-state index contributed by atoms with van der Waals surface area (Å²) >= 11 is 0. The molecule has 0 rings (SSSR count). The first-order valence-electron chi connectivity index (χ1n) is 3.59. The number of halogens is 8. The third kappa shape index (κ3) is 3.17. The molecule has 0 N–H and O–H groups in total. The summed E-state index contributed by atoms with van der Waals surface area (Å²) in [5, 5.41) is 0. The molecule has 0 fully saturated rings. The average molecular weight is 276 g/mol. The molecule has 0 aliphatic rings. The van der Waals surface area contributed by atoms with Gasteiger partial charge in [0.2, 0.25) is 0 Å². The molecule has 1 unspecified atom stereocenters. The summed E-state index contributed by atoms with van der Waals surface area (Å²) in [6.07, 6.45) is -16.7. The first-order chi connectivity index (χ1) is 7.37. The predicted octanol–water partition coefficient (Wildman–Crippen LogP) is 2.26. The normalized spacial score (nSPS) is 15.6. The zero-order chi connectivity index (χ0) is 14.1. The van der Waals surface area contributed by atoms with E-state index in [9.17, 15) is 39.9 Å². The summed E-state index contributed by atoms with van der Waals surface area (Å²) < 4.78 is 102. The van der Waals surface area contributed by atoms with Crippen LogP contribution >= 0.6 is 0 Å². The van der Waals surface area contributed by atoms with Gasteiger partial charge < -0.3 is 4.74 Å². The smallest absolute Gasteiger partial charge is 0.462 e. The van der Waals surface area contributed by atoms with Crippen molar-refractivity contribution in [2.75, 3.05) is 7.11 Å². The molecule has 3 nitrogen and oxygen atoms in total. The average Bonchev–Trinajstić information content (AvgIpc) is 2.13. The fourth-order valence-electron chi connectivity index (χ4n) is 0.510. The Morgan fingerprint density at radius 3 is 1.76 bits per heavy atom. The van der Waals surface area contributed by atoms with Crippen LogP contribution in [-0.4, -0.2) is 37.6 Å². The fourth-order valence-corrected chi connectivity index (χ4v) is 0.510. The van der Waals surface area contributed by atoms with Crippen molar-refractivity contribution in [3.8, 4) is 0 Å².